The monoisotopic (exact) mass is 337 g/mol. The third kappa shape index (κ3) is 3.80. The molecule has 0 aliphatic carbocycles. The van der Waals surface area contributed by atoms with Gasteiger partial charge in [0.25, 0.3) is 0 Å². The van der Waals surface area contributed by atoms with Crippen LogP contribution in [0.4, 0.5) is 4.79 Å². The molecule has 0 N–H and O–H groups in total. The summed E-state index contributed by atoms with van der Waals surface area (Å²) in [7, 11) is -0.347. The maximum absolute atomic E-state index is 12.5. The molecule has 0 bridgehead atoms. The minimum atomic E-state index is -0.494. The molecule has 5 nitrogen and oxygen atoms in total. The Morgan fingerprint density at radius 1 is 1.21 bits per heavy atom. The lowest BCUT2D eigenvalue weighted by Gasteiger charge is -2.39. The van der Waals surface area contributed by atoms with E-state index in [2.05, 4.69) is 33.8 Å². The third-order valence-corrected chi connectivity index (χ3v) is 5.06. The van der Waals surface area contributed by atoms with Gasteiger partial charge in [0.15, 0.2) is 0 Å². The van der Waals surface area contributed by atoms with Crippen molar-refractivity contribution in [2.24, 2.45) is 0 Å². The molecular weight excluding hydrogens is 305 g/mol. The fourth-order valence-corrected chi connectivity index (χ4v) is 3.13. The minimum absolute atomic E-state index is 0.0360. The van der Waals surface area contributed by atoms with E-state index in [-0.39, 0.29) is 36.5 Å². The number of nitrogens with zero attached hydrogens (tertiary/aromatic N) is 1. The van der Waals surface area contributed by atoms with Crippen molar-refractivity contribution in [2.45, 2.75) is 97.6 Å². The topological polar surface area (TPSA) is 48.0 Å². The molecule has 2 rings (SSSR count). The van der Waals surface area contributed by atoms with Gasteiger partial charge in [0.05, 0.1) is 17.2 Å². The lowest BCUT2D eigenvalue weighted by molar-refractivity contribution is 0.00578. The third-order valence-electron chi connectivity index (χ3n) is 5.06. The van der Waals surface area contributed by atoms with Crippen LogP contribution in [-0.2, 0) is 14.0 Å². The van der Waals surface area contributed by atoms with Crippen LogP contribution in [0.3, 0.4) is 0 Å². The fourth-order valence-electron chi connectivity index (χ4n) is 3.13. The number of ether oxygens (including phenoxy) is 1. The average molecular weight is 337 g/mol. The molecule has 2 atom stereocenters. The van der Waals surface area contributed by atoms with E-state index in [0.717, 1.165) is 11.9 Å². The molecule has 1 saturated heterocycles. The average Bonchev–Trinajstić information content (AvgIpc) is 2.55. The molecule has 24 heavy (non-hydrogen) atoms. The number of hydrogen-bond donors (Lipinski definition) is 0. The van der Waals surface area contributed by atoms with Crippen molar-refractivity contribution in [1.29, 1.82) is 0 Å². The van der Waals surface area contributed by atoms with Gasteiger partial charge in [-0.15, -0.1) is 0 Å². The van der Waals surface area contributed by atoms with Gasteiger partial charge in [0.2, 0.25) is 0 Å². The van der Waals surface area contributed by atoms with Gasteiger partial charge in [-0.05, 0) is 74.2 Å². The van der Waals surface area contributed by atoms with Gasteiger partial charge in [0, 0.05) is 6.04 Å². The first-order chi connectivity index (χ1) is 10.7. The van der Waals surface area contributed by atoms with Crippen LogP contribution in [0, 0.1) is 0 Å². The summed E-state index contributed by atoms with van der Waals surface area (Å²) < 4.78 is 17.8. The summed E-state index contributed by atoms with van der Waals surface area (Å²) >= 11 is 0. The Balaban J connectivity index is 2.15. The minimum Gasteiger partial charge on any atom is -0.444 e. The normalized spacial score (nSPS) is 29.5. The smallest absolute Gasteiger partial charge is 0.444 e. The molecule has 0 aromatic carbocycles. The van der Waals surface area contributed by atoms with Crippen LogP contribution in [0.25, 0.3) is 0 Å². The van der Waals surface area contributed by atoms with Gasteiger partial charge in [-0.25, -0.2) is 4.79 Å². The standard InChI is InChI=1S/C18H32BNO4/c1-12-10-14(19-23-17(6,7)18(8,9)24-19)11-13(2)20(12)15(21)22-16(3,4)5/h10,12-13H,11H2,1-9H3/t12-,13-/m1/s1. The molecule has 0 radical (unpaired) electrons. The Kier molecular flexibility index (Phi) is 4.88. The van der Waals surface area contributed by atoms with Crippen molar-refractivity contribution in [2.75, 3.05) is 0 Å². The van der Waals surface area contributed by atoms with E-state index in [1.54, 1.807) is 4.90 Å². The molecule has 2 aliphatic rings. The molecule has 0 aromatic rings. The molecule has 0 spiro atoms. The van der Waals surface area contributed by atoms with Crippen LogP contribution in [0.15, 0.2) is 11.5 Å². The summed E-state index contributed by atoms with van der Waals surface area (Å²) in [5.41, 5.74) is -0.0965. The predicted molar refractivity (Wildman–Crippen MR) is 95.8 cm³/mol. The SMILES string of the molecule is C[C@@H]1C=C(B2OC(C)(C)C(C)(C)O2)C[C@@H](C)N1C(=O)OC(C)(C)C. The van der Waals surface area contributed by atoms with E-state index in [1.807, 2.05) is 34.6 Å². The Morgan fingerprint density at radius 3 is 2.12 bits per heavy atom. The maximum Gasteiger partial charge on any atom is 0.490 e. The second-order valence-corrected chi connectivity index (χ2v) is 9.01. The number of amides is 1. The van der Waals surface area contributed by atoms with Crippen LogP contribution in [0.2, 0.25) is 0 Å². The van der Waals surface area contributed by atoms with Crippen LogP contribution in [0.1, 0.15) is 68.7 Å². The molecule has 0 aromatic heterocycles. The highest BCUT2D eigenvalue weighted by atomic mass is 16.7. The number of hydrogen-bond acceptors (Lipinski definition) is 4. The van der Waals surface area contributed by atoms with Crippen molar-refractivity contribution in [3.8, 4) is 0 Å². The molecule has 1 amide bonds. The van der Waals surface area contributed by atoms with Crippen molar-refractivity contribution in [3.05, 3.63) is 11.5 Å². The summed E-state index contributed by atoms with van der Waals surface area (Å²) in [5, 5.41) is 0. The van der Waals surface area contributed by atoms with Gasteiger partial charge in [-0.2, -0.15) is 0 Å². The van der Waals surface area contributed by atoms with Crippen LogP contribution in [0.5, 0.6) is 0 Å². The van der Waals surface area contributed by atoms with Gasteiger partial charge in [-0.1, -0.05) is 6.08 Å². The highest BCUT2D eigenvalue weighted by molar-refractivity contribution is 6.54. The molecule has 0 unspecified atom stereocenters. The lowest BCUT2D eigenvalue weighted by atomic mass is 9.72. The summed E-state index contributed by atoms with van der Waals surface area (Å²) in [5.74, 6) is 0. The molecule has 2 aliphatic heterocycles. The van der Waals surface area contributed by atoms with Gasteiger partial charge < -0.3 is 14.0 Å². The quantitative estimate of drug-likeness (QED) is 0.680. The second kappa shape index (κ2) is 6.06. The van der Waals surface area contributed by atoms with Gasteiger partial charge in [0.1, 0.15) is 5.60 Å². The summed E-state index contributed by atoms with van der Waals surface area (Å²) in [6.45, 7) is 17.9. The van der Waals surface area contributed by atoms with E-state index in [4.69, 9.17) is 14.0 Å². The molecule has 1 fully saturated rings. The maximum atomic E-state index is 12.5. The molecule has 0 saturated carbocycles. The highest BCUT2D eigenvalue weighted by Crippen LogP contribution is 2.40. The van der Waals surface area contributed by atoms with Gasteiger partial charge >= 0.3 is 13.2 Å². The summed E-state index contributed by atoms with van der Waals surface area (Å²) in [4.78, 5) is 14.3. The number of rotatable bonds is 1. The van der Waals surface area contributed by atoms with Crippen molar-refractivity contribution in [1.82, 2.24) is 4.90 Å². The molecule has 6 heteroatoms. The van der Waals surface area contributed by atoms with E-state index < -0.39 is 5.60 Å². The van der Waals surface area contributed by atoms with Crippen molar-refractivity contribution in [3.63, 3.8) is 0 Å². The second-order valence-electron chi connectivity index (χ2n) is 9.01. The Morgan fingerprint density at radius 2 is 1.71 bits per heavy atom. The van der Waals surface area contributed by atoms with E-state index in [0.29, 0.717) is 0 Å². The van der Waals surface area contributed by atoms with Crippen LogP contribution < -0.4 is 0 Å². The zero-order valence-corrected chi connectivity index (χ0v) is 16.6. The first-order valence-electron chi connectivity index (χ1n) is 8.81. The van der Waals surface area contributed by atoms with Crippen molar-refractivity contribution < 1.29 is 18.8 Å². The number of carbonyl (C=O) groups is 1. The van der Waals surface area contributed by atoms with E-state index in [9.17, 15) is 4.79 Å². The lowest BCUT2D eigenvalue weighted by Crippen LogP contribution is -2.50. The predicted octanol–water partition coefficient (Wildman–Crippen LogP) is 3.96. The first-order valence-corrected chi connectivity index (χ1v) is 8.81. The van der Waals surface area contributed by atoms with E-state index in [1.165, 1.54) is 0 Å². The van der Waals surface area contributed by atoms with Crippen LogP contribution in [-0.4, -0.2) is 47.0 Å². The molecular formula is C18H32BNO4. The van der Waals surface area contributed by atoms with Crippen molar-refractivity contribution >= 4 is 13.2 Å². The molecule has 136 valence electrons. The zero-order valence-electron chi connectivity index (χ0n) is 16.6. The Bertz CT molecular complexity index is 520. The Labute approximate surface area is 146 Å². The van der Waals surface area contributed by atoms with Gasteiger partial charge in [-0.3, -0.25) is 4.90 Å². The zero-order chi connectivity index (χ0) is 18.5. The highest BCUT2D eigenvalue weighted by Gasteiger charge is 2.53. The molecule has 2 heterocycles. The summed E-state index contributed by atoms with van der Waals surface area (Å²) in [6, 6.07) is -0.0218. The fraction of sp³-hybridized carbons (Fsp3) is 0.833. The largest absolute Gasteiger partial charge is 0.490 e. The summed E-state index contributed by atoms with van der Waals surface area (Å²) in [6.07, 6.45) is 2.53. The van der Waals surface area contributed by atoms with E-state index >= 15 is 0 Å². The number of carbonyl (C=O) groups excluding carboxylic acids is 1. The Hall–Kier alpha value is -1.01. The first kappa shape index (κ1) is 19.3. The van der Waals surface area contributed by atoms with Crippen LogP contribution >= 0.6 is 0 Å².